The van der Waals surface area contributed by atoms with E-state index in [9.17, 15) is 92.0 Å². The van der Waals surface area contributed by atoms with Crippen molar-refractivity contribution in [1.29, 1.82) is 0 Å². The average Bonchev–Trinajstić information content (AvgIpc) is 0.863. The van der Waals surface area contributed by atoms with Crippen molar-refractivity contribution < 1.29 is 97.1 Å². The lowest BCUT2D eigenvalue weighted by Gasteiger charge is -2.28. The maximum atomic E-state index is 14.3. The summed E-state index contributed by atoms with van der Waals surface area (Å²) in [5.74, 6) is -16.5. The van der Waals surface area contributed by atoms with Gasteiger partial charge in [0.2, 0.25) is 76.8 Å². The van der Waals surface area contributed by atoms with Gasteiger partial charge in [-0.2, -0.15) is 23.5 Å². The fourth-order valence-corrected chi connectivity index (χ4v) is 10.9. The van der Waals surface area contributed by atoms with Crippen LogP contribution in [0.1, 0.15) is 131 Å². The zero-order valence-electron chi connectivity index (χ0n) is 60.6. The quantitative estimate of drug-likeness (QED) is 0.0274. The van der Waals surface area contributed by atoms with Crippen LogP contribution in [-0.2, 0) is 83.1 Å². The number of aliphatic carboxylic acids is 3. The second-order valence-electron chi connectivity index (χ2n) is 25.8. The molecule has 586 valence electrons. The molecular formula is C66H110N16O20S2. The number of nitrogens with two attached hydrogens (primary N) is 3. The molecule has 0 aromatic heterocycles. The predicted molar refractivity (Wildman–Crippen MR) is 386 cm³/mol. The van der Waals surface area contributed by atoms with Crippen LogP contribution in [0.3, 0.4) is 0 Å². The fourth-order valence-electron chi connectivity index (χ4n) is 9.96. The topological polar surface area (TPSA) is 588 Å². The van der Waals surface area contributed by atoms with E-state index in [1.807, 2.05) is 0 Å². The van der Waals surface area contributed by atoms with E-state index in [4.69, 9.17) is 22.3 Å². The third kappa shape index (κ3) is 37.1. The standard InChI is InChI=1S/C66H110N16O20S2/c1-35(2)29-46(73-49(84)32-70-57(92)41(19-13-15-25-67)75-61(96)45(24-28-104-9)77-63(98)47(30-39-17-11-10-12-18-39)79-65(100)53(36(3)4)82-56(91)40(69)31-52(88)89)62(97)80-48(34-83)64(99)78-44(23-27-103-8)59(94)72-38(7)55(90)74-42(20-14-16-26-68)60(95)76-43(21-22-51(86)87)58(93)71-33-50(85)81-54(37(5)6)66(101)102/h10-12,17-18,35-38,40-48,53-54,83H,13-16,19-34,67-69H2,1-9H3,(H,70,92)(H,71,93)(H,72,94)(H,73,84)(H,74,90)(H,75,96)(H,76,95)(H,77,98)(H,78,99)(H,79,100)(H,80,97)(H,81,85)(H,82,91)(H,86,87)(H,88,89)(H,101,102)/t38-,40-,41-,42-,43-,44-,45-,46-,47-,48-,53-,54-/m0/s1. The Hall–Kier alpha value is -8.72. The van der Waals surface area contributed by atoms with Crippen LogP contribution >= 0.6 is 23.5 Å². The first-order chi connectivity index (χ1) is 49.0. The number of amides is 13. The number of unbranched alkanes of at least 4 members (excludes halogenated alkanes) is 2. The number of aliphatic hydroxyl groups excluding tert-OH is 1. The Balaban J connectivity index is 3.34. The lowest BCUT2D eigenvalue weighted by Crippen LogP contribution is -2.60. The summed E-state index contributed by atoms with van der Waals surface area (Å²) in [4.78, 5) is 212. The monoisotopic (exact) mass is 1510 g/mol. The van der Waals surface area contributed by atoms with E-state index < -0.39 is 218 Å². The molecule has 38 heteroatoms. The Labute approximate surface area is 614 Å². The van der Waals surface area contributed by atoms with Crippen LogP contribution in [-0.4, -0.2) is 244 Å². The first-order valence-electron chi connectivity index (χ1n) is 34.4. The SMILES string of the molecule is CSCC[C@H](NC(=O)[C@H](CO)NC(=O)[C@H](CC(C)C)NC(=O)CNC(=O)[C@H](CCCCN)NC(=O)[C@H](CCSC)NC(=O)[C@H](Cc1ccccc1)NC(=O)[C@@H](NC(=O)[C@@H](N)CC(=O)O)C(C)C)C(=O)N[C@@H](C)C(=O)N[C@@H](CCCCN)C(=O)N[C@@H](CCC(=O)O)C(=O)NCC(=O)N[C@H](C(=O)O)C(C)C. The normalized spacial score (nSPS) is 14.6. The predicted octanol–water partition coefficient (Wildman–Crippen LogP) is -4.32. The van der Waals surface area contributed by atoms with Crippen molar-refractivity contribution in [2.75, 3.05) is 56.8 Å². The van der Waals surface area contributed by atoms with Crippen LogP contribution < -0.4 is 86.3 Å². The summed E-state index contributed by atoms with van der Waals surface area (Å²) < 4.78 is 0. The maximum absolute atomic E-state index is 14.3. The van der Waals surface area contributed by atoms with Gasteiger partial charge in [-0.05, 0) is 132 Å². The number of rotatable bonds is 53. The number of carboxylic acids is 3. The Morgan fingerprint density at radius 3 is 1.28 bits per heavy atom. The number of aliphatic hydroxyl groups is 1. The van der Waals surface area contributed by atoms with Crippen molar-refractivity contribution in [2.24, 2.45) is 35.0 Å². The average molecular weight is 1510 g/mol. The molecule has 0 spiro atoms. The summed E-state index contributed by atoms with van der Waals surface area (Å²) in [5.41, 5.74) is 17.8. The molecular weight excluding hydrogens is 1400 g/mol. The number of thioether (sulfide) groups is 2. The highest BCUT2D eigenvalue weighted by molar-refractivity contribution is 7.98. The van der Waals surface area contributed by atoms with Gasteiger partial charge in [-0.3, -0.25) is 71.9 Å². The first kappa shape index (κ1) is 93.3. The highest BCUT2D eigenvalue weighted by atomic mass is 32.2. The van der Waals surface area contributed by atoms with Crippen LogP contribution in [0.4, 0.5) is 0 Å². The molecule has 1 rings (SSSR count). The molecule has 0 saturated carbocycles. The van der Waals surface area contributed by atoms with Gasteiger partial charge in [0.25, 0.3) is 0 Å². The molecule has 23 N–H and O–H groups in total. The summed E-state index contributed by atoms with van der Waals surface area (Å²) in [7, 11) is 0. The molecule has 0 heterocycles. The van der Waals surface area contributed by atoms with Crippen molar-refractivity contribution >= 4 is 118 Å². The van der Waals surface area contributed by atoms with Crippen LogP contribution in [0.5, 0.6) is 0 Å². The van der Waals surface area contributed by atoms with E-state index in [0.29, 0.717) is 30.6 Å². The third-order valence-corrected chi connectivity index (χ3v) is 17.1. The summed E-state index contributed by atoms with van der Waals surface area (Å²) in [6, 6.07) is -8.36. The Bertz CT molecular complexity index is 3010. The van der Waals surface area contributed by atoms with Crippen molar-refractivity contribution in [3.8, 4) is 0 Å². The van der Waals surface area contributed by atoms with Gasteiger partial charge in [0.05, 0.1) is 32.2 Å². The molecule has 13 amide bonds. The number of hydrogen-bond acceptors (Lipinski definition) is 22. The Morgan fingerprint density at radius 2 is 0.837 bits per heavy atom. The fraction of sp³-hybridized carbons (Fsp3) is 0.667. The molecule has 0 aliphatic heterocycles. The second-order valence-corrected chi connectivity index (χ2v) is 27.8. The number of benzene rings is 1. The van der Waals surface area contributed by atoms with Crippen molar-refractivity contribution in [3.63, 3.8) is 0 Å². The minimum atomic E-state index is -1.73. The van der Waals surface area contributed by atoms with Crippen molar-refractivity contribution in [3.05, 3.63) is 35.9 Å². The summed E-state index contributed by atoms with van der Waals surface area (Å²) in [6.45, 7) is 8.93. The van der Waals surface area contributed by atoms with Crippen LogP contribution in [0.25, 0.3) is 0 Å². The van der Waals surface area contributed by atoms with Gasteiger partial charge < -0.3 is 107 Å². The number of carboxylic acid groups (broad SMARTS) is 3. The number of hydrogen-bond donors (Lipinski definition) is 20. The Morgan fingerprint density at radius 1 is 0.423 bits per heavy atom. The minimum absolute atomic E-state index is 0.00979. The molecule has 0 unspecified atom stereocenters. The van der Waals surface area contributed by atoms with E-state index in [1.54, 1.807) is 84.4 Å². The van der Waals surface area contributed by atoms with Gasteiger partial charge in [-0.15, -0.1) is 0 Å². The first-order valence-corrected chi connectivity index (χ1v) is 37.2. The summed E-state index contributed by atoms with van der Waals surface area (Å²) in [6.07, 6.45) is 2.85. The minimum Gasteiger partial charge on any atom is -0.481 e. The largest absolute Gasteiger partial charge is 0.481 e. The van der Waals surface area contributed by atoms with Gasteiger partial charge >= 0.3 is 17.9 Å². The number of nitrogens with one attached hydrogen (secondary N) is 13. The molecule has 1 aromatic rings. The van der Waals surface area contributed by atoms with Gasteiger partial charge in [0.1, 0.15) is 66.5 Å². The smallest absolute Gasteiger partial charge is 0.326 e. The van der Waals surface area contributed by atoms with Gasteiger partial charge in [0.15, 0.2) is 0 Å². The zero-order chi connectivity index (χ0) is 78.8. The van der Waals surface area contributed by atoms with E-state index >= 15 is 0 Å². The van der Waals surface area contributed by atoms with Crippen LogP contribution in [0.15, 0.2) is 30.3 Å². The highest BCUT2D eigenvalue weighted by Crippen LogP contribution is 2.13. The summed E-state index contributed by atoms with van der Waals surface area (Å²) in [5, 5.41) is 70.7. The zero-order valence-corrected chi connectivity index (χ0v) is 62.2. The molecule has 0 aliphatic rings. The van der Waals surface area contributed by atoms with Gasteiger partial charge in [0, 0.05) is 12.8 Å². The molecule has 0 radical (unpaired) electrons. The molecule has 36 nitrogen and oxygen atoms in total. The third-order valence-electron chi connectivity index (χ3n) is 15.8. The van der Waals surface area contributed by atoms with E-state index in [-0.39, 0.29) is 69.7 Å². The highest BCUT2D eigenvalue weighted by Gasteiger charge is 2.37. The van der Waals surface area contributed by atoms with Crippen LogP contribution in [0.2, 0.25) is 0 Å². The molecule has 12 atom stereocenters. The molecule has 0 bridgehead atoms. The Kier molecular flexibility index (Phi) is 45.4. The summed E-state index contributed by atoms with van der Waals surface area (Å²) >= 11 is 2.63. The van der Waals surface area contributed by atoms with Gasteiger partial charge in [-0.25, -0.2) is 4.79 Å². The van der Waals surface area contributed by atoms with Gasteiger partial charge in [-0.1, -0.05) is 71.9 Å². The van der Waals surface area contributed by atoms with E-state index in [1.165, 1.54) is 30.4 Å². The number of carbonyl (C=O) groups is 16. The van der Waals surface area contributed by atoms with E-state index in [0.717, 1.165) is 0 Å². The molecule has 1 aromatic carbocycles. The second kappa shape index (κ2) is 50.6. The lowest BCUT2D eigenvalue weighted by molar-refractivity contribution is -0.143. The molecule has 0 aliphatic carbocycles. The van der Waals surface area contributed by atoms with Crippen molar-refractivity contribution in [1.82, 2.24) is 69.1 Å². The van der Waals surface area contributed by atoms with E-state index in [2.05, 4.69) is 69.1 Å². The van der Waals surface area contributed by atoms with Crippen LogP contribution in [0, 0.1) is 17.8 Å². The maximum Gasteiger partial charge on any atom is 0.326 e. The molecule has 0 saturated heterocycles. The lowest BCUT2D eigenvalue weighted by atomic mass is 10.00. The molecule has 104 heavy (non-hydrogen) atoms. The van der Waals surface area contributed by atoms with Crippen molar-refractivity contribution in [2.45, 2.75) is 204 Å². The molecule has 0 fully saturated rings. The number of carbonyl (C=O) groups excluding carboxylic acids is 13.